The highest BCUT2D eigenvalue weighted by Crippen LogP contribution is 2.24. The monoisotopic (exact) mass is 239 g/mol. The van der Waals surface area contributed by atoms with Crippen LogP contribution in [0.4, 0.5) is 0 Å². The molecule has 0 bridgehead atoms. The third kappa shape index (κ3) is 5.10. The Hall–Kier alpha value is -0.530. The Morgan fingerprint density at radius 2 is 1.94 bits per heavy atom. The highest BCUT2D eigenvalue weighted by atomic mass is 16.2. The molecule has 0 radical (unpaired) electrons. The van der Waals surface area contributed by atoms with Crippen molar-refractivity contribution in [2.24, 2.45) is 5.92 Å². The molecule has 17 heavy (non-hydrogen) atoms. The summed E-state index contributed by atoms with van der Waals surface area (Å²) in [6.07, 6.45) is 10.2. The Balaban J connectivity index is 2.44. The molecule has 100 valence electrons. The van der Waals surface area contributed by atoms with Gasteiger partial charge in [-0.15, -0.1) is 0 Å². The molecule has 1 fully saturated rings. The van der Waals surface area contributed by atoms with Crippen molar-refractivity contribution in [1.29, 1.82) is 0 Å². The van der Waals surface area contributed by atoms with E-state index in [-0.39, 0.29) is 5.91 Å². The van der Waals surface area contributed by atoms with Crippen LogP contribution in [0.25, 0.3) is 0 Å². The second-order valence-corrected chi connectivity index (χ2v) is 5.71. The first-order valence-corrected chi connectivity index (χ1v) is 7.42. The van der Waals surface area contributed by atoms with E-state index >= 15 is 0 Å². The molecule has 1 aliphatic carbocycles. The number of carbonyl (C=O) groups excluding carboxylic acids is 1. The second kappa shape index (κ2) is 7.73. The summed E-state index contributed by atoms with van der Waals surface area (Å²) in [6, 6.07) is 0.533. The van der Waals surface area contributed by atoms with Crippen molar-refractivity contribution in [3.63, 3.8) is 0 Å². The number of amides is 1. The molecule has 0 aliphatic heterocycles. The van der Waals surface area contributed by atoms with Gasteiger partial charge in [0, 0.05) is 19.5 Å². The van der Waals surface area contributed by atoms with Gasteiger partial charge in [-0.2, -0.15) is 0 Å². The summed E-state index contributed by atoms with van der Waals surface area (Å²) in [6.45, 7) is 7.23. The maximum absolute atomic E-state index is 11.8. The van der Waals surface area contributed by atoms with Crippen LogP contribution in [0.3, 0.4) is 0 Å². The summed E-state index contributed by atoms with van der Waals surface area (Å²) in [4.78, 5) is 13.9. The van der Waals surface area contributed by atoms with Crippen molar-refractivity contribution < 1.29 is 4.79 Å². The van der Waals surface area contributed by atoms with Gasteiger partial charge < -0.3 is 4.90 Å². The smallest absolute Gasteiger partial charge is 0.219 e. The molecule has 1 unspecified atom stereocenters. The number of rotatable bonds is 6. The summed E-state index contributed by atoms with van der Waals surface area (Å²) >= 11 is 0. The van der Waals surface area contributed by atoms with Crippen molar-refractivity contribution in [1.82, 2.24) is 4.90 Å². The van der Waals surface area contributed by atoms with Crippen LogP contribution in [0, 0.1) is 5.92 Å². The van der Waals surface area contributed by atoms with Crippen LogP contribution in [0.15, 0.2) is 0 Å². The van der Waals surface area contributed by atoms with Gasteiger partial charge in [-0.3, -0.25) is 4.79 Å². The molecule has 2 heteroatoms. The van der Waals surface area contributed by atoms with Gasteiger partial charge in [-0.25, -0.2) is 0 Å². The standard InChI is InChI=1S/C15H29NO/c1-4-5-9-13(2)12-16(14(3)17)15-10-7-6-8-11-15/h13,15H,4-12H2,1-3H3. The first kappa shape index (κ1) is 14.5. The quantitative estimate of drug-likeness (QED) is 0.686. The zero-order valence-corrected chi connectivity index (χ0v) is 11.9. The lowest BCUT2D eigenvalue weighted by Crippen LogP contribution is -2.42. The Morgan fingerprint density at radius 1 is 1.29 bits per heavy atom. The lowest BCUT2D eigenvalue weighted by Gasteiger charge is -2.35. The third-order valence-corrected chi connectivity index (χ3v) is 3.98. The molecule has 1 aliphatic rings. The van der Waals surface area contributed by atoms with E-state index in [9.17, 15) is 4.79 Å². The molecule has 1 amide bonds. The maximum Gasteiger partial charge on any atom is 0.219 e. The van der Waals surface area contributed by atoms with Crippen molar-refractivity contribution in [3.05, 3.63) is 0 Å². The molecule has 2 nitrogen and oxygen atoms in total. The first-order valence-electron chi connectivity index (χ1n) is 7.42. The van der Waals surface area contributed by atoms with Gasteiger partial charge in [0.05, 0.1) is 0 Å². The van der Waals surface area contributed by atoms with Gasteiger partial charge in [-0.05, 0) is 25.2 Å². The average Bonchev–Trinajstić information content (AvgIpc) is 2.34. The van der Waals surface area contributed by atoms with Crippen LogP contribution in [0.5, 0.6) is 0 Å². The van der Waals surface area contributed by atoms with Crippen molar-refractivity contribution in [2.45, 2.75) is 78.2 Å². The summed E-state index contributed by atoms with van der Waals surface area (Å²) in [5.74, 6) is 0.932. The van der Waals surface area contributed by atoms with E-state index in [1.807, 2.05) is 0 Å². The van der Waals surface area contributed by atoms with E-state index in [2.05, 4.69) is 18.7 Å². The molecule has 0 heterocycles. The van der Waals surface area contributed by atoms with E-state index < -0.39 is 0 Å². The van der Waals surface area contributed by atoms with Crippen LogP contribution < -0.4 is 0 Å². The van der Waals surface area contributed by atoms with Crippen LogP contribution in [0.1, 0.15) is 72.1 Å². The molecule has 0 aromatic heterocycles. The summed E-state index contributed by atoms with van der Waals surface area (Å²) in [7, 11) is 0. The highest BCUT2D eigenvalue weighted by Gasteiger charge is 2.24. The fourth-order valence-corrected chi connectivity index (χ4v) is 2.91. The van der Waals surface area contributed by atoms with Crippen molar-refractivity contribution >= 4 is 5.91 Å². The Kier molecular flexibility index (Phi) is 6.61. The predicted molar refractivity (Wildman–Crippen MR) is 72.9 cm³/mol. The van der Waals surface area contributed by atoms with Gasteiger partial charge >= 0.3 is 0 Å². The fourth-order valence-electron chi connectivity index (χ4n) is 2.91. The van der Waals surface area contributed by atoms with E-state index in [1.54, 1.807) is 6.92 Å². The number of nitrogens with zero attached hydrogens (tertiary/aromatic N) is 1. The number of hydrogen-bond acceptors (Lipinski definition) is 1. The molecule has 1 saturated carbocycles. The largest absolute Gasteiger partial charge is 0.340 e. The topological polar surface area (TPSA) is 20.3 Å². The van der Waals surface area contributed by atoms with Crippen LogP contribution >= 0.6 is 0 Å². The number of unbranched alkanes of at least 4 members (excludes halogenated alkanes) is 1. The zero-order valence-electron chi connectivity index (χ0n) is 11.9. The van der Waals surface area contributed by atoms with Gasteiger partial charge in [0.2, 0.25) is 5.91 Å². The molecule has 1 rings (SSSR count). The van der Waals surface area contributed by atoms with Crippen molar-refractivity contribution in [3.8, 4) is 0 Å². The van der Waals surface area contributed by atoms with Crippen LogP contribution in [0.2, 0.25) is 0 Å². The Labute approximate surface area is 107 Å². The number of hydrogen-bond donors (Lipinski definition) is 0. The lowest BCUT2D eigenvalue weighted by atomic mass is 9.93. The molecule has 1 atom stereocenters. The zero-order chi connectivity index (χ0) is 12.7. The minimum absolute atomic E-state index is 0.278. The maximum atomic E-state index is 11.8. The SMILES string of the molecule is CCCCC(C)CN(C(C)=O)C1CCCCC1. The van der Waals surface area contributed by atoms with Crippen LogP contribution in [-0.2, 0) is 4.79 Å². The van der Waals surface area contributed by atoms with E-state index in [4.69, 9.17) is 0 Å². The van der Waals surface area contributed by atoms with Gasteiger partial charge in [0.25, 0.3) is 0 Å². The minimum atomic E-state index is 0.278. The molecule has 0 aromatic rings. The highest BCUT2D eigenvalue weighted by molar-refractivity contribution is 5.73. The molecule has 0 aromatic carbocycles. The average molecular weight is 239 g/mol. The molecule has 0 N–H and O–H groups in total. The molecular formula is C15H29NO. The Bertz CT molecular complexity index is 221. The van der Waals surface area contributed by atoms with Gasteiger partial charge in [0.1, 0.15) is 0 Å². The predicted octanol–water partition coefficient (Wildman–Crippen LogP) is 3.99. The van der Waals surface area contributed by atoms with E-state index in [0.717, 1.165) is 6.54 Å². The van der Waals surface area contributed by atoms with E-state index in [0.29, 0.717) is 12.0 Å². The lowest BCUT2D eigenvalue weighted by molar-refractivity contribution is -0.132. The van der Waals surface area contributed by atoms with Crippen LogP contribution in [-0.4, -0.2) is 23.4 Å². The Morgan fingerprint density at radius 3 is 2.47 bits per heavy atom. The van der Waals surface area contributed by atoms with Gasteiger partial charge in [0.15, 0.2) is 0 Å². The fraction of sp³-hybridized carbons (Fsp3) is 0.933. The second-order valence-electron chi connectivity index (χ2n) is 5.71. The molecule has 0 spiro atoms. The summed E-state index contributed by atoms with van der Waals surface area (Å²) < 4.78 is 0. The summed E-state index contributed by atoms with van der Waals surface area (Å²) in [5, 5.41) is 0. The first-order chi connectivity index (χ1) is 8.15. The minimum Gasteiger partial charge on any atom is -0.340 e. The van der Waals surface area contributed by atoms with E-state index in [1.165, 1.54) is 51.4 Å². The number of carbonyl (C=O) groups is 1. The summed E-state index contributed by atoms with van der Waals surface area (Å²) in [5.41, 5.74) is 0. The molecule has 0 saturated heterocycles. The van der Waals surface area contributed by atoms with Crippen molar-refractivity contribution in [2.75, 3.05) is 6.54 Å². The third-order valence-electron chi connectivity index (χ3n) is 3.98. The molecular weight excluding hydrogens is 210 g/mol. The normalized spacial score (nSPS) is 19.0. The van der Waals surface area contributed by atoms with Gasteiger partial charge in [-0.1, -0.05) is 46.0 Å².